The average Bonchev–Trinajstić information content (AvgIpc) is 3.00. The third-order valence-electron chi connectivity index (χ3n) is 2.85. The number of hydrogen-bond acceptors (Lipinski definition) is 7. The monoisotopic (exact) mass is 320 g/mol. The second-order valence-corrected chi connectivity index (χ2v) is 5.43. The zero-order chi connectivity index (χ0) is 14.7. The van der Waals surface area contributed by atoms with E-state index in [1.807, 2.05) is 18.2 Å². The van der Waals surface area contributed by atoms with E-state index in [1.54, 1.807) is 18.3 Å². The molecule has 0 bridgehead atoms. The van der Waals surface area contributed by atoms with Gasteiger partial charge in [-0.15, -0.1) is 0 Å². The summed E-state index contributed by atoms with van der Waals surface area (Å²) in [6, 6.07) is 9.20. The van der Waals surface area contributed by atoms with Gasteiger partial charge in [0.15, 0.2) is 17.3 Å². The molecule has 0 atom stereocenters. The molecule has 1 aromatic heterocycles. The first-order valence-corrected chi connectivity index (χ1v) is 7.64. The lowest BCUT2D eigenvalue weighted by Crippen LogP contribution is -2.01. The van der Waals surface area contributed by atoms with E-state index in [2.05, 4.69) is 22.3 Å². The van der Waals surface area contributed by atoms with Gasteiger partial charge in [0.25, 0.3) is 0 Å². The standard InChI is InChI=1S/C14H12N2O3S2/c17-11(7-20)9-1-4-14(15-6-9)16-21-10-2-3-12-13(5-10)19-8-18-12/h1-6,20H,7-8H2,(H,15,16). The number of fused-ring (bicyclic) bond motifs is 1. The molecule has 0 fully saturated rings. The first-order valence-electron chi connectivity index (χ1n) is 6.19. The molecule has 0 saturated carbocycles. The summed E-state index contributed by atoms with van der Waals surface area (Å²) >= 11 is 5.37. The highest BCUT2D eigenvalue weighted by Crippen LogP contribution is 2.35. The number of aromatic nitrogens is 1. The molecule has 7 heteroatoms. The molecule has 0 saturated heterocycles. The number of benzene rings is 1. The number of Topliss-reactive ketones (excluding diaryl/α,β-unsaturated/α-hetero) is 1. The van der Waals surface area contributed by atoms with Crippen LogP contribution in [-0.2, 0) is 0 Å². The highest BCUT2D eigenvalue weighted by molar-refractivity contribution is 8.00. The van der Waals surface area contributed by atoms with E-state index >= 15 is 0 Å². The number of rotatable bonds is 5. The summed E-state index contributed by atoms with van der Waals surface area (Å²) in [5.74, 6) is 2.31. The minimum atomic E-state index is -0.0409. The summed E-state index contributed by atoms with van der Waals surface area (Å²) in [7, 11) is 0. The Morgan fingerprint density at radius 1 is 1.29 bits per heavy atom. The minimum Gasteiger partial charge on any atom is -0.454 e. The number of ketones is 1. The highest BCUT2D eigenvalue weighted by Gasteiger charge is 2.13. The largest absolute Gasteiger partial charge is 0.454 e. The van der Waals surface area contributed by atoms with Crippen molar-refractivity contribution in [3.8, 4) is 11.5 Å². The molecule has 2 aromatic rings. The Morgan fingerprint density at radius 2 is 2.14 bits per heavy atom. The first-order chi connectivity index (χ1) is 10.3. The predicted octanol–water partition coefficient (Wildman–Crippen LogP) is 3.04. The van der Waals surface area contributed by atoms with Gasteiger partial charge in [0.05, 0.1) is 5.75 Å². The number of nitrogens with one attached hydrogen (secondary N) is 1. The van der Waals surface area contributed by atoms with Crippen LogP contribution in [0.3, 0.4) is 0 Å². The molecule has 0 radical (unpaired) electrons. The van der Waals surface area contributed by atoms with Gasteiger partial charge in [-0.3, -0.25) is 4.79 Å². The third kappa shape index (κ3) is 3.25. The van der Waals surface area contributed by atoms with Gasteiger partial charge in [-0.2, -0.15) is 12.6 Å². The molecule has 2 heterocycles. The van der Waals surface area contributed by atoms with Gasteiger partial charge in [-0.25, -0.2) is 4.98 Å². The molecule has 5 nitrogen and oxygen atoms in total. The normalized spacial score (nSPS) is 12.2. The Morgan fingerprint density at radius 3 is 2.90 bits per heavy atom. The molecule has 0 amide bonds. The van der Waals surface area contributed by atoms with Crippen LogP contribution in [0.2, 0.25) is 0 Å². The summed E-state index contributed by atoms with van der Waals surface area (Å²) < 4.78 is 13.7. The molecule has 3 rings (SSSR count). The fourth-order valence-electron chi connectivity index (χ4n) is 1.76. The second kappa shape index (κ2) is 6.28. The van der Waals surface area contributed by atoms with Crippen LogP contribution in [0.1, 0.15) is 10.4 Å². The van der Waals surface area contributed by atoms with E-state index in [9.17, 15) is 4.79 Å². The van der Waals surface area contributed by atoms with Crippen LogP contribution in [0.25, 0.3) is 0 Å². The summed E-state index contributed by atoms with van der Waals surface area (Å²) in [5.41, 5.74) is 0.559. The zero-order valence-corrected chi connectivity index (χ0v) is 12.6. The second-order valence-electron chi connectivity index (χ2n) is 4.23. The fourth-order valence-corrected chi connectivity index (χ4v) is 2.59. The van der Waals surface area contributed by atoms with Crippen molar-refractivity contribution < 1.29 is 14.3 Å². The van der Waals surface area contributed by atoms with Crippen molar-refractivity contribution in [1.29, 1.82) is 0 Å². The van der Waals surface area contributed by atoms with Crippen molar-refractivity contribution >= 4 is 36.2 Å². The fraction of sp³-hybridized carbons (Fsp3) is 0.143. The lowest BCUT2D eigenvalue weighted by molar-refractivity contribution is 0.102. The van der Waals surface area contributed by atoms with Crippen LogP contribution in [-0.4, -0.2) is 23.3 Å². The molecule has 1 aliphatic rings. The van der Waals surface area contributed by atoms with Crippen LogP contribution in [0.15, 0.2) is 41.4 Å². The van der Waals surface area contributed by atoms with Crippen LogP contribution >= 0.6 is 24.6 Å². The van der Waals surface area contributed by atoms with Crippen molar-refractivity contribution in [2.45, 2.75) is 4.90 Å². The van der Waals surface area contributed by atoms with Gasteiger partial charge in [0.1, 0.15) is 5.82 Å². The van der Waals surface area contributed by atoms with Crippen molar-refractivity contribution in [1.82, 2.24) is 4.98 Å². The number of nitrogens with zero attached hydrogens (tertiary/aromatic N) is 1. The molecule has 0 aliphatic carbocycles. The topological polar surface area (TPSA) is 60.5 Å². The molecule has 21 heavy (non-hydrogen) atoms. The predicted molar refractivity (Wildman–Crippen MR) is 84.5 cm³/mol. The van der Waals surface area contributed by atoms with Crippen LogP contribution in [0.4, 0.5) is 5.82 Å². The smallest absolute Gasteiger partial charge is 0.231 e. The van der Waals surface area contributed by atoms with Crippen LogP contribution < -0.4 is 14.2 Å². The zero-order valence-electron chi connectivity index (χ0n) is 10.9. The summed E-state index contributed by atoms with van der Waals surface area (Å²) in [5, 5.41) is 0. The number of ether oxygens (including phenoxy) is 2. The van der Waals surface area contributed by atoms with Gasteiger partial charge < -0.3 is 14.2 Å². The van der Waals surface area contributed by atoms with Gasteiger partial charge >= 0.3 is 0 Å². The Balaban J connectivity index is 1.63. The van der Waals surface area contributed by atoms with E-state index in [0.29, 0.717) is 11.4 Å². The van der Waals surface area contributed by atoms with Crippen LogP contribution in [0, 0.1) is 0 Å². The quantitative estimate of drug-likeness (QED) is 0.502. The van der Waals surface area contributed by atoms with Gasteiger partial charge in [0.2, 0.25) is 6.79 Å². The summed E-state index contributed by atoms with van der Waals surface area (Å²) in [4.78, 5) is 16.6. The number of pyridine rings is 1. The average molecular weight is 320 g/mol. The van der Waals surface area contributed by atoms with Crippen molar-refractivity contribution in [2.24, 2.45) is 0 Å². The lowest BCUT2D eigenvalue weighted by atomic mass is 10.2. The van der Waals surface area contributed by atoms with E-state index in [-0.39, 0.29) is 18.3 Å². The van der Waals surface area contributed by atoms with E-state index in [0.717, 1.165) is 16.4 Å². The molecule has 0 unspecified atom stereocenters. The Labute approximate surface area is 131 Å². The Kier molecular flexibility index (Phi) is 4.21. The van der Waals surface area contributed by atoms with Gasteiger partial charge in [-0.1, -0.05) is 0 Å². The van der Waals surface area contributed by atoms with Crippen molar-refractivity contribution in [2.75, 3.05) is 17.3 Å². The molecule has 108 valence electrons. The van der Waals surface area contributed by atoms with Gasteiger partial charge in [0, 0.05) is 16.7 Å². The molecule has 0 spiro atoms. The Bertz CT molecular complexity index is 662. The number of hydrogen-bond donors (Lipinski definition) is 2. The van der Waals surface area contributed by atoms with E-state index in [1.165, 1.54) is 11.9 Å². The van der Waals surface area contributed by atoms with Crippen LogP contribution in [0.5, 0.6) is 11.5 Å². The summed E-state index contributed by atoms with van der Waals surface area (Å²) in [6.45, 7) is 0.263. The summed E-state index contributed by atoms with van der Waals surface area (Å²) in [6.07, 6.45) is 1.54. The third-order valence-corrected chi connectivity index (χ3v) is 3.93. The molecular weight excluding hydrogens is 308 g/mol. The highest BCUT2D eigenvalue weighted by atomic mass is 32.2. The molecular formula is C14H12N2O3S2. The van der Waals surface area contributed by atoms with E-state index in [4.69, 9.17) is 9.47 Å². The number of carbonyl (C=O) groups is 1. The lowest BCUT2D eigenvalue weighted by Gasteiger charge is -2.06. The number of thiol groups is 1. The molecule has 1 aromatic carbocycles. The number of carbonyl (C=O) groups excluding carboxylic acids is 1. The van der Waals surface area contributed by atoms with Gasteiger partial charge in [-0.05, 0) is 42.3 Å². The minimum absolute atomic E-state index is 0.0409. The van der Waals surface area contributed by atoms with E-state index < -0.39 is 0 Å². The number of anilines is 1. The maximum absolute atomic E-state index is 11.4. The van der Waals surface area contributed by atoms with Crippen molar-refractivity contribution in [3.63, 3.8) is 0 Å². The van der Waals surface area contributed by atoms with Crippen molar-refractivity contribution in [3.05, 3.63) is 42.1 Å². The maximum Gasteiger partial charge on any atom is 0.231 e. The SMILES string of the molecule is O=C(CS)c1ccc(NSc2ccc3c(c2)OCO3)nc1. The first kappa shape index (κ1) is 14.1. The molecule has 1 aliphatic heterocycles. The Hall–Kier alpha value is -1.86. The maximum atomic E-state index is 11.4. The molecule has 1 N–H and O–H groups in total.